The van der Waals surface area contributed by atoms with E-state index in [0.717, 1.165) is 43.8 Å². The van der Waals surface area contributed by atoms with Crippen LogP contribution in [-0.2, 0) is 6.18 Å². The molecule has 3 N–H and O–H groups in total. The fourth-order valence-corrected chi connectivity index (χ4v) is 4.75. The van der Waals surface area contributed by atoms with E-state index < -0.39 is 23.2 Å². The van der Waals surface area contributed by atoms with Crippen molar-refractivity contribution in [3.63, 3.8) is 0 Å². The molecule has 5 rings (SSSR count). The van der Waals surface area contributed by atoms with Crippen molar-refractivity contribution in [1.82, 2.24) is 4.98 Å². The van der Waals surface area contributed by atoms with Gasteiger partial charge >= 0.3 is 6.18 Å². The van der Waals surface area contributed by atoms with Crippen molar-refractivity contribution in [1.29, 1.82) is 0 Å². The third-order valence-electron chi connectivity index (χ3n) is 6.64. The summed E-state index contributed by atoms with van der Waals surface area (Å²) in [6, 6.07) is 10.7. The van der Waals surface area contributed by atoms with Gasteiger partial charge in [0.2, 0.25) is 0 Å². The summed E-state index contributed by atoms with van der Waals surface area (Å²) in [7, 11) is 1.76. The lowest BCUT2D eigenvalue weighted by Gasteiger charge is -2.28. The Hall–Kier alpha value is -3.95. The number of hydrogen-bond acceptors (Lipinski definition) is 5. The number of benzene rings is 2. The van der Waals surface area contributed by atoms with Crippen LogP contribution < -0.4 is 26.0 Å². The number of pyridine rings is 1. The quantitative estimate of drug-likeness (QED) is 0.466. The molecule has 0 spiro atoms. The van der Waals surface area contributed by atoms with Crippen molar-refractivity contribution in [3.8, 4) is 11.1 Å². The van der Waals surface area contributed by atoms with Crippen molar-refractivity contribution in [2.75, 3.05) is 47.2 Å². The number of alkyl halides is 3. The van der Waals surface area contributed by atoms with Crippen LogP contribution in [0, 0.1) is 0 Å². The van der Waals surface area contributed by atoms with E-state index in [2.05, 4.69) is 20.5 Å². The Morgan fingerprint density at radius 3 is 2.44 bits per heavy atom. The number of aromatic amines is 1. The van der Waals surface area contributed by atoms with Crippen molar-refractivity contribution < 1.29 is 18.0 Å². The third-order valence-corrected chi connectivity index (χ3v) is 6.64. The van der Waals surface area contributed by atoms with E-state index in [1.165, 1.54) is 18.7 Å². The van der Waals surface area contributed by atoms with Crippen molar-refractivity contribution in [2.24, 2.45) is 0 Å². The lowest BCUT2D eigenvalue weighted by atomic mass is 10.00. The number of piperidine rings is 1. The van der Waals surface area contributed by atoms with Crippen LogP contribution in [0.5, 0.6) is 0 Å². The van der Waals surface area contributed by atoms with E-state index >= 15 is 0 Å². The highest BCUT2D eigenvalue weighted by atomic mass is 19.4. The molecule has 2 aromatic carbocycles. The average Bonchev–Trinajstić information content (AvgIpc) is 3.25. The predicted molar refractivity (Wildman–Crippen MR) is 135 cm³/mol. The largest absolute Gasteiger partial charge is 0.416 e. The van der Waals surface area contributed by atoms with Gasteiger partial charge in [0, 0.05) is 48.7 Å². The van der Waals surface area contributed by atoms with Crippen LogP contribution in [0.1, 0.15) is 35.2 Å². The summed E-state index contributed by atoms with van der Waals surface area (Å²) < 4.78 is 40.6. The molecule has 1 saturated heterocycles. The Kier molecular flexibility index (Phi) is 6.11. The first kappa shape index (κ1) is 23.8. The number of nitrogens with one attached hydrogen (secondary N) is 3. The van der Waals surface area contributed by atoms with Crippen LogP contribution in [-0.4, -0.2) is 37.7 Å². The molecule has 1 fully saturated rings. The third kappa shape index (κ3) is 4.62. The molecule has 3 aromatic rings. The summed E-state index contributed by atoms with van der Waals surface area (Å²) in [5, 5.41) is 5.57. The molecule has 10 heteroatoms. The van der Waals surface area contributed by atoms with Gasteiger partial charge < -0.3 is 25.4 Å². The van der Waals surface area contributed by atoms with E-state index in [4.69, 9.17) is 0 Å². The average molecular weight is 498 g/mol. The van der Waals surface area contributed by atoms with Gasteiger partial charge in [0.15, 0.2) is 0 Å². The fraction of sp³-hybridized carbons (Fsp3) is 0.308. The number of nitrogens with zero attached hydrogens (tertiary/aromatic N) is 2. The minimum atomic E-state index is -4.54. The molecule has 0 radical (unpaired) electrons. The first-order chi connectivity index (χ1) is 17.2. The molecule has 188 valence electrons. The number of H-pyrrole nitrogens is 1. The smallest absolute Gasteiger partial charge is 0.372 e. The monoisotopic (exact) mass is 497 g/mol. The molecule has 0 saturated carbocycles. The molecule has 0 atom stereocenters. The standard InChI is InChI=1S/C26H26F3N5O2/c1-33-15-31-21-13-18(26(27,28)29)12-20(23(21)33)17-11-22(25(36)30-14-17)32-24(35)16-5-7-19(8-6-16)34-9-3-2-4-10-34/h5-8,11-14,31H,2-4,9-10,15H2,1H3,(H,30,36)(H,32,35). The summed E-state index contributed by atoms with van der Waals surface area (Å²) in [6.45, 7) is 2.32. The molecule has 36 heavy (non-hydrogen) atoms. The molecule has 2 aliphatic rings. The summed E-state index contributed by atoms with van der Waals surface area (Å²) in [5.74, 6) is -0.476. The van der Waals surface area contributed by atoms with Crippen LogP contribution in [0.25, 0.3) is 11.1 Å². The molecule has 3 heterocycles. The second kappa shape index (κ2) is 9.25. The van der Waals surface area contributed by atoms with E-state index in [0.29, 0.717) is 34.7 Å². The zero-order valence-electron chi connectivity index (χ0n) is 19.7. The minimum Gasteiger partial charge on any atom is -0.372 e. The molecule has 1 amide bonds. The lowest BCUT2D eigenvalue weighted by Crippen LogP contribution is -2.29. The van der Waals surface area contributed by atoms with Crippen molar-refractivity contribution in [2.45, 2.75) is 25.4 Å². The number of fused-ring (bicyclic) bond motifs is 1. The Labute approximate surface area is 205 Å². The summed E-state index contributed by atoms with van der Waals surface area (Å²) >= 11 is 0. The number of amides is 1. The maximum Gasteiger partial charge on any atom is 0.416 e. The summed E-state index contributed by atoms with van der Waals surface area (Å²) in [6.07, 6.45) is 0.324. The number of hydrogen-bond donors (Lipinski definition) is 3. The Balaban J connectivity index is 1.43. The Morgan fingerprint density at radius 1 is 1.03 bits per heavy atom. The maximum absolute atomic E-state index is 13.5. The molecule has 0 bridgehead atoms. The summed E-state index contributed by atoms with van der Waals surface area (Å²) in [5.41, 5.74) is 1.61. The first-order valence-electron chi connectivity index (χ1n) is 11.8. The second-order valence-electron chi connectivity index (χ2n) is 9.13. The normalized spacial score (nSPS) is 15.4. The predicted octanol–water partition coefficient (Wildman–Crippen LogP) is 5.12. The van der Waals surface area contributed by atoms with Gasteiger partial charge in [0.1, 0.15) is 5.69 Å². The number of halogens is 3. The van der Waals surface area contributed by atoms with Gasteiger partial charge in [-0.3, -0.25) is 9.59 Å². The van der Waals surface area contributed by atoms with Gasteiger partial charge in [-0.1, -0.05) is 0 Å². The molecular weight excluding hydrogens is 471 g/mol. The Morgan fingerprint density at radius 2 is 1.75 bits per heavy atom. The van der Waals surface area contributed by atoms with Gasteiger partial charge in [0.25, 0.3) is 11.5 Å². The van der Waals surface area contributed by atoms with Gasteiger partial charge in [0.05, 0.1) is 23.6 Å². The number of anilines is 4. The minimum absolute atomic E-state index is 0.0441. The molecule has 2 aliphatic heterocycles. The Bertz CT molecular complexity index is 1350. The fourth-order valence-electron chi connectivity index (χ4n) is 4.75. The highest BCUT2D eigenvalue weighted by molar-refractivity contribution is 6.04. The lowest BCUT2D eigenvalue weighted by molar-refractivity contribution is -0.137. The molecule has 1 aromatic heterocycles. The number of rotatable bonds is 4. The number of carbonyl (C=O) groups is 1. The number of aromatic nitrogens is 1. The van der Waals surface area contributed by atoms with Gasteiger partial charge in [-0.15, -0.1) is 0 Å². The molecule has 0 unspecified atom stereocenters. The van der Waals surface area contributed by atoms with E-state index in [1.807, 2.05) is 12.1 Å². The zero-order valence-corrected chi connectivity index (χ0v) is 19.7. The van der Waals surface area contributed by atoms with Crippen molar-refractivity contribution in [3.05, 3.63) is 70.1 Å². The van der Waals surface area contributed by atoms with Gasteiger partial charge in [-0.05, 0) is 61.7 Å². The van der Waals surface area contributed by atoms with Gasteiger partial charge in [-0.2, -0.15) is 13.2 Å². The zero-order chi connectivity index (χ0) is 25.4. The van der Waals surface area contributed by atoms with E-state index in [-0.39, 0.29) is 5.69 Å². The topological polar surface area (TPSA) is 80.5 Å². The molecule has 7 nitrogen and oxygen atoms in total. The van der Waals surface area contributed by atoms with Crippen LogP contribution in [0.4, 0.5) is 35.9 Å². The molecular formula is C26H26F3N5O2. The van der Waals surface area contributed by atoms with Crippen molar-refractivity contribution >= 4 is 28.7 Å². The SMILES string of the molecule is CN1CNc2cc(C(F)(F)F)cc(-c3c[nH]c(=O)c(NC(=O)c4ccc(N5CCCCC5)cc4)c3)c21. The van der Waals surface area contributed by atoms with Crippen LogP contribution in [0.15, 0.2) is 53.5 Å². The van der Waals surface area contributed by atoms with E-state index in [1.54, 1.807) is 24.1 Å². The van der Waals surface area contributed by atoms with Gasteiger partial charge in [-0.25, -0.2) is 0 Å². The van der Waals surface area contributed by atoms with E-state index in [9.17, 15) is 22.8 Å². The number of carbonyl (C=O) groups excluding carboxylic acids is 1. The highest BCUT2D eigenvalue weighted by Crippen LogP contribution is 2.44. The van der Waals surface area contributed by atoms with Crippen LogP contribution in [0.2, 0.25) is 0 Å². The first-order valence-corrected chi connectivity index (χ1v) is 11.8. The molecule has 0 aliphatic carbocycles. The van der Waals surface area contributed by atoms with Crippen LogP contribution in [0.3, 0.4) is 0 Å². The summed E-state index contributed by atoms with van der Waals surface area (Å²) in [4.78, 5) is 32.0. The highest BCUT2D eigenvalue weighted by Gasteiger charge is 2.34. The van der Waals surface area contributed by atoms with Crippen LogP contribution >= 0.6 is 0 Å². The maximum atomic E-state index is 13.5. The second-order valence-corrected chi connectivity index (χ2v) is 9.13.